The standard InChI is InChI=1S/C15H27N3/c1-3-13-11-15(18(2)17-13)12-16-14-9-7-5-4-6-8-10-14/h11,14,16H,3-10,12H2,1-2H3. The number of aryl methyl sites for hydroxylation is 2. The molecule has 0 atom stereocenters. The molecule has 0 radical (unpaired) electrons. The second kappa shape index (κ2) is 6.93. The van der Waals surface area contributed by atoms with Crippen molar-refractivity contribution in [3.63, 3.8) is 0 Å². The van der Waals surface area contributed by atoms with Crippen LogP contribution in [-0.4, -0.2) is 15.8 Å². The Morgan fingerprint density at radius 3 is 2.50 bits per heavy atom. The van der Waals surface area contributed by atoms with E-state index < -0.39 is 0 Å². The summed E-state index contributed by atoms with van der Waals surface area (Å²) in [5.41, 5.74) is 2.51. The molecular weight excluding hydrogens is 222 g/mol. The van der Waals surface area contributed by atoms with Crippen LogP contribution in [0.1, 0.15) is 63.3 Å². The third kappa shape index (κ3) is 3.84. The lowest BCUT2D eigenvalue weighted by molar-refractivity contribution is 0.385. The van der Waals surface area contributed by atoms with E-state index in [4.69, 9.17) is 0 Å². The summed E-state index contributed by atoms with van der Waals surface area (Å²) in [6.45, 7) is 3.13. The molecule has 1 N–H and O–H groups in total. The van der Waals surface area contributed by atoms with Crippen molar-refractivity contribution in [3.8, 4) is 0 Å². The van der Waals surface area contributed by atoms with E-state index in [9.17, 15) is 0 Å². The van der Waals surface area contributed by atoms with Crippen molar-refractivity contribution < 1.29 is 0 Å². The maximum Gasteiger partial charge on any atom is 0.0625 e. The molecule has 3 nitrogen and oxygen atoms in total. The van der Waals surface area contributed by atoms with Gasteiger partial charge < -0.3 is 5.32 Å². The van der Waals surface area contributed by atoms with Crippen LogP contribution in [0.4, 0.5) is 0 Å². The molecule has 0 aliphatic heterocycles. The van der Waals surface area contributed by atoms with Crippen LogP contribution in [0.2, 0.25) is 0 Å². The summed E-state index contributed by atoms with van der Waals surface area (Å²) in [6, 6.07) is 2.95. The highest BCUT2D eigenvalue weighted by molar-refractivity contribution is 5.10. The van der Waals surface area contributed by atoms with E-state index in [1.165, 1.54) is 56.3 Å². The number of rotatable bonds is 4. The Bertz CT molecular complexity index is 349. The Labute approximate surface area is 111 Å². The zero-order valence-corrected chi connectivity index (χ0v) is 11.9. The van der Waals surface area contributed by atoms with Gasteiger partial charge in [0.2, 0.25) is 0 Å². The lowest BCUT2D eigenvalue weighted by Crippen LogP contribution is -2.29. The Balaban J connectivity index is 1.83. The monoisotopic (exact) mass is 249 g/mol. The quantitative estimate of drug-likeness (QED) is 0.888. The molecule has 1 heterocycles. The lowest BCUT2D eigenvalue weighted by atomic mass is 9.97. The smallest absolute Gasteiger partial charge is 0.0625 e. The molecule has 3 heteroatoms. The van der Waals surface area contributed by atoms with Crippen LogP contribution in [0.15, 0.2) is 6.07 Å². The third-order valence-electron chi connectivity index (χ3n) is 4.07. The molecule has 1 fully saturated rings. The Kier molecular flexibility index (Phi) is 5.24. The highest BCUT2D eigenvalue weighted by atomic mass is 15.3. The summed E-state index contributed by atoms with van der Waals surface area (Å²) in [5.74, 6) is 0. The lowest BCUT2D eigenvalue weighted by Gasteiger charge is -2.21. The zero-order chi connectivity index (χ0) is 12.8. The predicted octanol–water partition coefficient (Wildman–Crippen LogP) is 3.19. The maximum absolute atomic E-state index is 4.50. The summed E-state index contributed by atoms with van der Waals surface area (Å²) in [7, 11) is 2.05. The summed E-state index contributed by atoms with van der Waals surface area (Å²) >= 11 is 0. The van der Waals surface area contributed by atoms with Crippen LogP contribution in [0, 0.1) is 0 Å². The molecule has 1 aromatic heterocycles. The Hall–Kier alpha value is -0.830. The van der Waals surface area contributed by atoms with E-state index >= 15 is 0 Å². The van der Waals surface area contributed by atoms with Crippen molar-refractivity contribution in [1.82, 2.24) is 15.1 Å². The van der Waals surface area contributed by atoms with Gasteiger partial charge in [0, 0.05) is 19.6 Å². The van der Waals surface area contributed by atoms with Crippen LogP contribution in [0.5, 0.6) is 0 Å². The van der Waals surface area contributed by atoms with E-state index in [1.54, 1.807) is 0 Å². The van der Waals surface area contributed by atoms with Crippen LogP contribution in [0.3, 0.4) is 0 Å². The summed E-state index contributed by atoms with van der Waals surface area (Å²) in [5, 5.41) is 8.23. The van der Waals surface area contributed by atoms with Crippen LogP contribution >= 0.6 is 0 Å². The average Bonchev–Trinajstić information content (AvgIpc) is 2.69. The highest BCUT2D eigenvalue weighted by Gasteiger charge is 2.11. The van der Waals surface area contributed by atoms with Crippen molar-refractivity contribution >= 4 is 0 Å². The van der Waals surface area contributed by atoms with Gasteiger partial charge in [-0.15, -0.1) is 0 Å². The minimum Gasteiger partial charge on any atom is -0.308 e. The first kappa shape index (κ1) is 13.6. The second-order valence-corrected chi connectivity index (χ2v) is 5.53. The highest BCUT2D eigenvalue weighted by Crippen LogP contribution is 2.17. The number of hydrogen-bond donors (Lipinski definition) is 1. The van der Waals surface area contributed by atoms with Gasteiger partial charge in [0.15, 0.2) is 0 Å². The zero-order valence-electron chi connectivity index (χ0n) is 11.9. The van der Waals surface area contributed by atoms with Gasteiger partial charge in [0.25, 0.3) is 0 Å². The molecular formula is C15H27N3. The third-order valence-corrected chi connectivity index (χ3v) is 4.07. The Morgan fingerprint density at radius 2 is 1.89 bits per heavy atom. The van der Waals surface area contributed by atoms with Gasteiger partial charge >= 0.3 is 0 Å². The van der Waals surface area contributed by atoms with Gasteiger partial charge in [0.05, 0.1) is 11.4 Å². The van der Waals surface area contributed by atoms with Crippen molar-refractivity contribution in [2.24, 2.45) is 7.05 Å². The Morgan fingerprint density at radius 1 is 1.22 bits per heavy atom. The predicted molar refractivity (Wildman–Crippen MR) is 75.5 cm³/mol. The minimum atomic E-state index is 0.713. The van der Waals surface area contributed by atoms with Crippen LogP contribution in [0.25, 0.3) is 0 Å². The minimum absolute atomic E-state index is 0.713. The first-order valence-electron chi connectivity index (χ1n) is 7.54. The molecule has 0 amide bonds. The molecule has 0 unspecified atom stereocenters. The van der Waals surface area contributed by atoms with E-state index in [1.807, 2.05) is 11.7 Å². The molecule has 1 saturated carbocycles. The summed E-state index contributed by atoms with van der Waals surface area (Å²) < 4.78 is 2.02. The van der Waals surface area contributed by atoms with Crippen molar-refractivity contribution in [2.75, 3.05) is 0 Å². The first-order chi connectivity index (χ1) is 8.79. The van der Waals surface area contributed by atoms with Gasteiger partial charge in [-0.25, -0.2) is 0 Å². The largest absolute Gasteiger partial charge is 0.308 e. The SMILES string of the molecule is CCc1cc(CNC2CCCCCCC2)n(C)n1. The van der Waals surface area contributed by atoms with Crippen molar-refractivity contribution in [1.29, 1.82) is 0 Å². The molecule has 0 bridgehead atoms. The van der Waals surface area contributed by atoms with Gasteiger partial charge in [0.1, 0.15) is 0 Å². The summed E-state index contributed by atoms with van der Waals surface area (Å²) in [6.07, 6.45) is 10.8. The number of aromatic nitrogens is 2. The van der Waals surface area contributed by atoms with E-state index in [2.05, 4.69) is 23.4 Å². The van der Waals surface area contributed by atoms with Gasteiger partial charge in [-0.05, 0) is 25.3 Å². The van der Waals surface area contributed by atoms with E-state index in [-0.39, 0.29) is 0 Å². The maximum atomic E-state index is 4.50. The molecule has 1 aliphatic rings. The molecule has 1 aromatic rings. The second-order valence-electron chi connectivity index (χ2n) is 5.53. The normalized spacial score (nSPS) is 18.6. The molecule has 18 heavy (non-hydrogen) atoms. The van der Waals surface area contributed by atoms with Gasteiger partial charge in [-0.1, -0.05) is 39.0 Å². The molecule has 102 valence electrons. The van der Waals surface area contributed by atoms with Crippen LogP contribution in [-0.2, 0) is 20.0 Å². The van der Waals surface area contributed by atoms with Gasteiger partial charge in [-0.3, -0.25) is 4.68 Å². The topological polar surface area (TPSA) is 29.9 Å². The number of hydrogen-bond acceptors (Lipinski definition) is 2. The molecule has 0 saturated heterocycles. The first-order valence-corrected chi connectivity index (χ1v) is 7.54. The fourth-order valence-corrected chi connectivity index (χ4v) is 2.82. The molecule has 1 aliphatic carbocycles. The van der Waals surface area contributed by atoms with Crippen LogP contribution < -0.4 is 5.32 Å². The van der Waals surface area contributed by atoms with Gasteiger partial charge in [-0.2, -0.15) is 5.10 Å². The number of nitrogens with one attached hydrogen (secondary N) is 1. The average molecular weight is 249 g/mol. The fourth-order valence-electron chi connectivity index (χ4n) is 2.82. The van der Waals surface area contributed by atoms with E-state index in [0.29, 0.717) is 6.04 Å². The number of nitrogens with zero attached hydrogens (tertiary/aromatic N) is 2. The van der Waals surface area contributed by atoms with Crippen molar-refractivity contribution in [3.05, 3.63) is 17.5 Å². The molecule has 0 aromatic carbocycles. The fraction of sp³-hybridized carbons (Fsp3) is 0.800. The summed E-state index contributed by atoms with van der Waals surface area (Å²) in [4.78, 5) is 0. The van der Waals surface area contributed by atoms with Crippen molar-refractivity contribution in [2.45, 2.75) is 70.9 Å². The van der Waals surface area contributed by atoms with E-state index in [0.717, 1.165) is 13.0 Å². The molecule has 2 rings (SSSR count). The molecule has 0 spiro atoms.